The van der Waals surface area contributed by atoms with Crippen LogP contribution in [0.15, 0.2) is 17.1 Å². The normalized spacial score (nSPS) is 14.6. The first-order chi connectivity index (χ1) is 15.4. The van der Waals surface area contributed by atoms with Crippen molar-refractivity contribution in [3.05, 3.63) is 12.2 Å². The lowest BCUT2D eigenvalue weighted by atomic mass is 9.93. The molecule has 1 atom stereocenters. The first kappa shape index (κ1) is 30.8. The highest BCUT2D eigenvalue weighted by Crippen LogP contribution is 2.17. The van der Waals surface area contributed by atoms with Gasteiger partial charge in [-0.25, -0.2) is 0 Å². The second-order valence-electron chi connectivity index (χ2n) is 8.24. The Kier molecular flexibility index (Phi) is 19.6. The van der Waals surface area contributed by atoms with Crippen LogP contribution in [0.25, 0.3) is 0 Å². The summed E-state index contributed by atoms with van der Waals surface area (Å²) in [6.45, 7) is 5.97. The summed E-state index contributed by atoms with van der Waals surface area (Å²) in [5, 5.41) is 3.12. The van der Waals surface area contributed by atoms with Gasteiger partial charge in [0.2, 0.25) is 0 Å². The van der Waals surface area contributed by atoms with Crippen LogP contribution in [-0.4, -0.2) is 44.8 Å². The molecule has 32 heavy (non-hydrogen) atoms. The standard InChI is InChI=1S/C23H42N2O.CH4O4S/c1-3-5-6-7-8-9-10-11-12-13-14-15-16-17-18-21(4-2)22(26)23-24-19-20-25-23;1-5-6(2,3)4/h11-12,21H,3-10,13-20H2,1-2H3,(H,24,25);1H3,(H,2,3,4)/b12-11-;. The van der Waals surface area contributed by atoms with Crippen molar-refractivity contribution in [2.45, 2.75) is 104 Å². The fourth-order valence-electron chi connectivity index (χ4n) is 3.56. The summed E-state index contributed by atoms with van der Waals surface area (Å²) < 4.78 is 29.7. The molecule has 7 nitrogen and oxygen atoms in total. The van der Waals surface area contributed by atoms with Gasteiger partial charge >= 0.3 is 10.4 Å². The van der Waals surface area contributed by atoms with E-state index in [9.17, 15) is 13.2 Å². The number of ketones is 1. The van der Waals surface area contributed by atoms with E-state index in [0.717, 1.165) is 33.0 Å². The molecule has 0 saturated heterocycles. The molecule has 2 N–H and O–H groups in total. The van der Waals surface area contributed by atoms with Crippen LogP contribution in [0, 0.1) is 5.92 Å². The van der Waals surface area contributed by atoms with Crippen LogP contribution in [0.5, 0.6) is 0 Å². The maximum absolute atomic E-state index is 12.3. The zero-order chi connectivity index (χ0) is 24.1. The van der Waals surface area contributed by atoms with Gasteiger partial charge in [-0.1, -0.05) is 77.4 Å². The molecule has 0 aromatic carbocycles. The van der Waals surface area contributed by atoms with E-state index in [1.165, 1.54) is 77.0 Å². The summed E-state index contributed by atoms with van der Waals surface area (Å²) in [6, 6.07) is 0. The van der Waals surface area contributed by atoms with Crippen molar-refractivity contribution < 1.29 is 21.9 Å². The maximum atomic E-state index is 12.3. The van der Waals surface area contributed by atoms with Crippen LogP contribution in [0.4, 0.5) is 0 Å². The lowest BCUT2D eigenvalue weighted by Crippen LogP contribution is -2.32. The molecule has 1 aliphatic rings. The zero-order valence-electron chi connectivity index (χ0n) is 20.5. The minimum absolute atomic E-state index is 0.163. The summed E-state index contributed by atoms with van der Waals surface area (Å²) in [6.07, 6.45) is 22.4. The second-order valence-corrected chi connectivity index (χ2v) is 9.43. The van der Waals surface area contributed by atoms with E-state index < -0.39 is 10.4 Å². The van der Waals surface area contributed by atoms with E-state index in [0.29, 0.717) is 5.84 Å². The van der Waals surface area contributed by atoms with Gasteiger partial charge in [0.05, 0.1) is 13.7 Å². The minimum Gasteiger partial charge on any atom is -0.366 e. The van der Waals surface area contributed by atoms with Crippen LogP contribution in [0.3, 0.4) is 0 Å². The van der Waals surface area contributed by atoms with Crippen LogP contribution in [-0.2, 0) is 19.4 Å². The van der Waals surface area contributed by atoms with Gasteiger partial charge in [-0.15, -0.1) is 0 Å². The summed E-state index contributed by atoms with van der Waals surface area (Å²) >= 11 is 0. The molecule has 0 spiro atoms. The topological polar surface area (TPSA) is 105 Å². The molecule has 0 radical (unpaired) electrons. The molecule has 1 rings (SSSR count). The number of unbranched alkanes of at least 4 members (excludes halogenated alkanes) is 10. The number of amidine groups is 1. The summed E-state index contributed by atoms with van der Waals surface area (Å²) in [4.78, 5) is 16.6. The van der Waals surface area contributed by atoms with E-state index in [1.54, 1.807) is 0 Å². The molecule has 0 amide bonds. The van der Waals surface area contributed by atoms with Gasteiger partial charge in [0, 0.05) is 12.5 Å². The number of carbonyl (C=O) groups excluding carboxylic acids is 1. The van der Waals surface area contributed by atoms with Gasteiger partial charge in [-0.2, -0.15) is 8.42 Å². The third-order valence-electron chi connectivity index (χ3n) is 5.55. The molecular formula is C24H46N2O5S. The van der Waals surface area contributed by atoms with Crippen LogP contribution in [0.2, 0.25) is 0 Å². The highest BCUT2D eigenvalue weighted by molar-refractivity contribution is 7.80. The number of hydrogen-bond donors (Lipinski definition) is 2. The molecular weight excluding hydrogens is 428 g/mol. The molecule has 8 heteroatoms. The molecule has 0 saturated carbocycles. The van der Waals surface area contributed by atoms with Crippen molar-refractivity contribution in [3.63, 3.8) is 0 Å². The van der Waals surface area contributed by atoms with Gasteiger partial charge < -0.3 is 5.32 Å². The zero-order valence-corrected chi connectivity index (χ0v) is 21.3. The number of aliphatic imine (C=N–C) groups is 1. The Hall–Kier alpha value is -1.25. The molecule has 0 aromatic rings. The molecule has 0 fully saturated rings. The average molecular weight is 475 g/mol. The van der Waals surface area contributed by atoms with Crippen LogP contribution < -0.4 is 5.32 Å². The molecule has 0 aromatic heterocycles. The molecule has 0 bridgehead atoms. The van der Waals surface area contributed by atoms with Gasteiger partial charge in [0.1, 0.15) is 0 Å². The Labute approximate surface area is 196 Å². The number of Topliss-reactive ketones (excluding diaryl/α,β-unsaturated/α-hetero) is 1. The third kappa shape index (κ3) is 18.3. The lowest BCUT2D eigenvalue weighted by molar-refractivity contribution is -0.117. The van der Waals surface area contributed by atoms with E-state index in [1.807, 2.05) is 0 Å². The van der Waals surface area contributed by atoms with Gasteiger partial charge in [0.25, 0.3) is 0 Å². The number of nitrogens with zero attached hydrogens (tertiary/aromatic N) is 1. The van der Waals surface area contributed by atoms with E-state index in [2.05, 4.69) is 40.5 Å². The first-order valence-corrected chi connectivity index (χ1v) is 13.7. The summed E-state index contributed by atoms with van der Waals surface area (Å²) in [5.74, 6) is 1.03. The summed E-state index contributed by atoms with van der Waals surface area (Å²) in [5.41, 5.74) is 0. The van der Waals surface area contributed by atoms with E-state index >= 15 is 0 Å². The van der Waals surface area contributed by atoms with Gasteiger partial charge in [-0.3, -0.25) is 18.5 Å². The molecule has 0 aliphatic carbocycles. The number of allylic oxidation sites excluding steroid dienone is 2. The van der Waals surface area contributed by atoms with Crippen molar-refractivity contribution in [2.75, 3.05) is 20.2 Å². The Bertz CT molecular complexity index is 632. The maximum Gasteiger partial charge on any atom is 0.397 e. The molecule has 1 aliphatic heterocycles. The lowest BCUT2D eigenvalue weighted by Gasteiger charge is -2.13. The monoisotopic (exact) mass is 474 g/mol. The SMILES string of the molecule is CCCCCCCC/C=C\CCCCCCC(CC)C(=O)C1=NCCN1.COS(=O)(=O)O. The van der Waals surface area contributed by atoms with E-state index in [4.69, 9.17) is 4.55 Å². The number of carbonyl (C=O) groups is 1. The predicted octanol–water partition coefficient (Wildman–Crippen LogP) is 5.67. The fraction of sp³-hybridized carbons (Fsp3) is 0.833. The summed E-state index contributed by atoms with van der Waals surface area (Å²) in [7, 11) is -3.29. The highest BCUT2D eigenvalue weighted by Gasteiger charge is 2.22. The molecule has 1 unspecified atom stereocenters. The Morgan fingerprint density at radius 1 is 1.03 bits per heavy atom. The average Bonchev–Trinajstić information content (AvgIpc) is 3.31. The van der Waals surface area contributed by atoms with Crippen molar-refractivity contribution in [1.82, 2.24) is 5.32 Å². The minimum atomic E-state index is -4.16. The van der Waals surface area contributed by atoms with Crippen LogP contribution in [0.1, 0.15) is 104 Å². The van der Waals surface area contributed by atoms with Crippen molar-refractivity contribution in [3.8, 4) is 0 Å². The van der Waals surface area contributed by atoms with Crippen molar-refractivity contribution in [2.24, 2.45) is 10.9 Å². The largest absolute Gasteiger partial charge is 0.397 e. The number of nitrogens with one attached hydrogen (secondary N) is 1. The second kappa shape index (κ2) is 20.4. The Balaban J connectivity index is 0.00000140. The fourth-order valence-corrected chi connectivity index (χ4v) is 3.56. The smallest absolute Gasteiger partial charge is 0.366 e. The highest BCUT2D eigenvalue weighted by atomic mass is 32.3. The van der Waals surface area contributed by atoms with Crippen molar-refractivity contribution >= 4 is 22.0 Å². The van der Waals surface area contributed by atoms with Crippen LogP contribution >= 0.6 is 0 Å². The molecule has 1 heterocycles. The first-order valence-electron chi connectivity index (χ1n) is 12.4. The Morgan fingerprint density at radius 2 is 1.56 bits per heavy atom. The predicted molar refractivity (Wildman–Crippen MR) is 132 cm³/mol. The number of rotatable bonds is 18. The third-order valence-corrected chi connectivity index (χ3v) is 5.97. The molecule has 188 valence electrons. The quantitative estimate of drug-likeness (QED) is 0.151. The van der Waals surface area contributed by atoms with Gasteiger partial charge in [-0.05, 0) is 38.5 Å². The Morgan fingerprint density at radius 3 is 2.03 bits per heavy atom. The van der Waals surface area contributed by atoms with Crippen molar-refractivity contribution in [1.29, 1.82) is 0 Å². The number of hydrogen-bond acceptors (Lipinski definition) is 6. The van der Waals surface area contributed by atoms with E-state index in [-0.39, 0.29) is 11.7 Å². The van der Waals surface area contributed by atoms with Gasteiger partial charge in [0.15, 0.2) is 11.6 Å².